The monoisotopic (exact) mass is 270 g/mol. The van der Waals surface area contributed by atoms with Crippen LogP contribution in [0.25, 0.3) is 0 Å². The molecule has 2 aliphatic rings. The minimum absolute atomic E-state index is 0.283. The second kappa shape index (κ2) is 6.68. The van der Waals surface area contributed by atoms with Crippen molar-refractivity contribution in [3.05, 3.63) is 0 Å². The van der Waals surface area contributed by atoms with Crippen molar-refractivity contribution in [1.82, 2.24) is 5.32 Å². The number of nitrogens with one attached hydrogen (secondary N) is 1. The summed E-state index contributed by atoms with van der Waals surface area (Å²) in [5.41, 5.74) is 4.87. The van der Waals surface area contributed by atoms with Crippen molar-refractivity contribution >= 4 is 5.91 Å². The van der Waals surface area contributed by atoms with E-state index in [2.05, 4.69) is 5.32 Å². The van der Waals surface area contributed by atoms with Gasteiger partial charge in [-0.3, -0.25) is 4.79 Å². The molecule has 2 rings (SSSR count). The van der Waals surface area contributed by atoms with Crippen molar-refractivity contribution in [1.29, 1.82) is 0 Å². The van der Waals surface area contributed by atoms with E-state index in [1.54, 1.807) is 0 Å². The summed E-state index contributed by atoms with van der Waals surface area (Å²) in [5, 5.41) is 3.33. The van der Waals surface area contributed by atoms with Crippen molar-refractivity contribution in [3.63, 3.8) is 0 Å². The van der Waals surface area contributed by atoms with Crippen LogP contribution >= 0.6 is 0 Å². The molecule has 0 aromatic rings. The fourth-order valence-corrected chi connectivity index (χ4v) is 2.38. The average Bonchev–Trinajstić information content (AvgIpc) is 3.19. The maximum absolute atomic E-state index is 11.6. The Hall–Kier alpha value is -0.650. The normalized spacial score (nSPS) is 24.1. The lowest BCUT2D eigenvalue weighted by Gasteiger charge is -2.28. The predicted molar refractivity (Wildman–Crippen MR) is 72.7 cm³/mol. The molecule has 0 spiro atoms. The fourth-order valence-electron chi connectivity index (χ4n) is 2.38. The van der Waals surface area contributed by atoms with Crippen LogP contribution in [0, 0.1) is 5.92 Å². The summed E-state index contributed by atoms with van der Waals surface area (Å²) >= 11 is 0. The van der Waals surface area contributed by atoms with Crippen LogP contribution in [0.15, 0.2) is 0 Å². The molecule has 1 aliphatic carbocycles. The van der Waals surface area contributed by atoms with Gasteiger partial charge in [0.15, 0.2) is 0 Å². The van der Waals surface area contributed by atoms with E-state index in [4.69, 9.17) is 15.2 Å². The third kappa shape index (κ3) is 4.75. The maximum atomic E-state index is 11.6. The highest BCUT2D eigenvalue weighted by Gasteiger charge is 2.36. The topological polar surface area (TPSA) is 73.6 Å². The number of amides is 1. The van der Waals surface area contributed by atoms with E-state index >= 15 is 0 Å². The van der Waals surface area contributed by atoms with Gasteiger partial charge in [0.2, 0.25) is 5.91 Å². The summed E-state index contributed by atoms with van der Waals surface area (Å²) in [4.78, 5) is 11.6. The Bertz CT molecular complexity index is 301. The van der Waals surface area contributed by atoms with Crippen molar-refractivity contribution in [2.24, 2.45) is 11.7 Å². The lowest BCUT2D eigenvalue weighted by molar-refractivity contribution is -0.124. The highest BCUT2D eigenvalue weighted by Crippen LogP contribution is 2.24. The van der Waals surface area contributed by atoms with E-state index in [1.165, 1.54) is 0 Å². The average molecular weight is 270 g/mol. The molecule has 1 saturated heterocycles. The van der Waals surface area contributed by atoms with Gasteiger partial charge in [0.1, 0.15) is 0 Å². The Morgan fingerprint density at radius 1 is 1.37 bits per heavy atom. The van der Waals surface area contributed by atoms with Gasteiger partial charge in [-0.05, 0) is 44.9 Å². The molecule has 5 nitrogen and oxygen atoms in total. The van der Waals surface area contributed by atoms with Crippen LogP contribution in [0.3, 0.4) is 0 Å². The largest absolute Gasteiger partial charge is 0.381 e. The quantitative estimate of drug-likeness (QED) is 0.640. The highest BCUT2D eigenvalue weighted by molar-refractivity contribution is 5.84. The number of nitrogens with two attached hydrogens (primary N) is 1. The second-order valence-electron chi connectivity index (χ2n) is 6.00. The minimum Gasteiger partial charge on any atom is -0.381 e. The molecular formula is C14H26N2O3. The van der Waals surface area contributed by atoms with Crippen LogP contribution in [0.5, 0.6) is 0 Å². The molecule has 1 unspecified atom stereocenters. The number of carbonyl (C=O) groups excluding carboxylic acids is 1. The summed E-state index contributed by atoms with van der Waals surface area (Å²) in [5.74, 6) is 0.319. The van der Waals surface area contributed by atoms with Crippen molar-refractivity contribution in [2.75, 3.05) is 26.4 Å². The molecule has 1 heterocycles. The molecule has 0 radical (unpaired) electrons. The Morgan fingerprint density at radius 2 is 2.05 bits per heavy atom. The Kier molecular flexibility index (Phi) is 5.19. The molecule has 19 heavy (non-hydrogen) atoms. The molecule has 1 aliphatic heterocycles. The van der Waals surface area contributed by atoms with E-state index in [0.717, 1.165) is 45.5 Å². The molecule has 0 aromatic carbocycles. The van der Waals surface area contributed by atoms with Crippen LogP contribution in [0.1, 0.15) is 39.0 Å². The molecule has 110 valence electrons. The molecule has 0 aromatic heterocycles. The number of hydrogen-bond donors (Lipinski definition) is 2. The number of hydrogen-bond acceptors (Lipinski definition) is 4. The molecule has 1 saturated carbocycles. The van der Waals surface area contributed by atoms with Crippen molar-refractivity contribution < 1.29 is 14.3 Å². The third-order valence-corrected chi connectivity index (χ3v) is 4.08. The molecule has 2 fully saturated rings. The summed E-state index contributed by atoms with van der Waals surface area (Å²) in [6, 6.07) is 0.466. The van der Waals surface area contributed by atoms with Gasteiger partial charge in [0, 0.05) is 32.5 Å². The number of ether oxygens (including phenoxy) is 2. The molecule has 0 bridgehead atoms. The van der Waals surface area contributed by atoms with Gasteiger partial charge >= 0.3 is 0 Å². The molecule has 3 N–H and O–H groups in total. The number of carbonyl (C=O) groups is 1. The maximum Gasteiger partial charge on any atom is 0.237 e. The van der Waals surface area contributed by atoms with Gasteiger partial charge in [-0.15, -0.1) is 0 Å². The third-order valence-electron chi connectivity index (χ3n) is 4.08. The number of primary amides is 1. The van der Waals surface area contributed by atoms with Crippen molar-refractivity contribution in [3.8, 4) is 0 Å². The first kappa shape index (κ1) is 14.8. The Labute approximate surface area is 115 Å². The molecule has 5 heteroatoms. The molecule has 1 amide bonds. The van der Waals surface area contributed by atoms with Gasteiger partial charge in [0.25, 0.3) is 0 Å². The smallest absolute Gasteiger partial charge is 0.237 e. The first-order valence-electron chi connectivity index (χ1n) is 7.33. The summed E-state index contributed by atoms with van der Waals surface area (Å²) in [7, 11) is 0. The standard InChI is InChI=1S/C14H26N2O3/c1-14(13(15)17,16-12-2-3-12)6-9-19-10-11-4-7-18-8-5-11/h11-12,16H,2-10H2,1H3,(H2,15,17). The summed E-state index contributed by atoms with van der Waals surface area (Å²) < 4.78 is 11.0. The van der Waals surface area contributed by atoms with Gasteiger partial charge in [-0.2, -0.15) is 0 Å². The fraction of sp³-hybridized carbons (Fsp3) is 0.929. The molecular weight excluding hydrogens is 244 g/mol. The van der Waals surface area contributed by atoms with Crippen LogP contribution < -0.4 is 11.1 Å². The predicted octanol–water partition coefficient (Wildman–Crippen LogP) is 0.816. The Morgan fingerprint density at radius 3 is 2.63 bits per heavy atom. The van der Waals surface area contributed by atoms with E-state index in [1.807, 2.05) is 6.92 Å². The van der Waals surface area contributed by atoms with E-state index < -0.39 is 5.54 Å². The minimum atomic E-state index is -0.628. The number of rotatable bonds is 8. The second-order valence-corrected chi connectivity index (χ2v) is 6.00. The molecule has 1 atom stereocenters. The first-order valence-corrected chi connectivity index (χ1v) is 7.33. The van der Waals surface area contributed by atoms with E-state index in [0.29, 0.717) is 25.0 Å². The van der Waals surface area contributed by atoms with E-state index in [9.17, 15) is 4.79 Å². The lowest BCUT2D eigenvalue weighted by Crippen LogP contribution is -2.54. The summed E-state index contributed by atoms with van der Waals surface area (Å²) in [6.07, 6.45) is 5.08. The van der Waals surface area contributed by atoms with Crippen LogP contribution in [-0.2, 0) is 14.3 Å². The van der Waals surface area contributed by atoms with Crippen molar-refractivity contribution in [2.45, 2.75) is 50.6 Å². The zero-order valence-corrected chi connectivity index (χ0v) is 11.8. The lowest BCUT2D eigenvalue weighted by atomic mass is 9.97. The van der Waals surface area contributed by atoms with Gasteiger partial charge in [-0.1, -0.05) is 0 Å². The Balaban J connectivity index is 1.65. The SMILES string of the molecule is CC(CCOCC1CCOCC1)(NC1CC1)C(N)=O. The zero-order chi connectivity index (χ0) is 13.7. The summed E-state index contributed by atoms with van der Waals surface area (Å²) in [6.45, 7) is 4.91. The van der Waals surface area contributed by atoms with Gasteiger partial charge in [-0.25, -0.2) is 0 Å². The van der Waals surface area contributed by atoms with Crippen LogP contribution in [0.4, 0.5) is 0 Å². The first-order chi connectivity index (χ1) is 9.10. The van der Waals surface area contributed by atoms with Crippen LogP contribution in [-0.4, -0.2) is 43.9 Å². The van der Waals surface area contributed by atoms with E-state index in [-0.39, 0.29) is 5.91 Å². The van der Waals surface area contributed by atoms with Crippen LogP contribution in [0.2, 0.25) is 0 Å². The zero-order valence-electron chi connectivity index (χ0n) is 11.8. The van der Waals surface area contributed by atoms with Gasteiger partial charge < -0.3 is 20.5 Å². The van der Waals surface area contributed by atoms with Gasteiger partial charge in [0.05, 0.1) is 5.54 Å². The highest BCUT2D eigenvalue weighted by atomic mass is 16.5.